The zero-order valence-electron chi connectivity index (χ0n) is 17.5. The standard InChI is InChI=1S/C22H22N4O6/c1-23-21(29)18(11-14-12-24-16-7-4-8-17(20(14)16)26(31)32)25(2)22(30)19(28)10-13-5-3-6-15(27)9-13/h3-9,12,18,24,27H,10-11H2,1-2H3,(H,23,29)/t18-/m0/s1. The number of nitrogens with zero attached hydrogens (tertiary/aromatic N) is 2. The zero-order valence-corrected chi connectivity index (χ0v) is 17.5. The number of likely N-dealkylation sites (N-methyl/N-ethyl adjacent to an activating group) is 2. The summed E-state index contributed by atoms with van der Waals surface area (Å²) in [5.41, 5.74) is 1.34. The van der Waals surface area contributed by atoms with Crippen LogP contribution in [0, 0.1) is 10.1 Å². The zero-order chi connectivity index (χ0) is 23.4. The summed E-state index contributed by atoms with van der Waals surface area (Å²) in [6.45, 7) is 0. The van der Waals surface area contributed by atoms with Crippen molar-refractivity contribution in [1.82, 2.24) is 15.2 Å². The minimum Gasteiger partial charge on any atom is -0.508 e. The van der Waals surface area contributed by atoms with E-state index < -0.39 is 28.6 Å². The first-order valence-electron chi connectivity index (χ1n) is 9.75. The lowest BCUT2D eigenvalue weighted by Crippen LogP contribution is -2.50. The lowest BCUT2D eigenvalue weighted by atomic mass is 10.0. The molecule has 0 saturated heterocycles. The number of carbonyl (C=O) groups excluding carboxylic acids is 3. The van der Waals surface area contributed by atoms with Crippen LogP contribution < -0.4 is 5.32 Å². The molecule has 0 saturated carbocycles. The monoisotopic (exact) mass is 438 g/mol. The second-order valence-corrected chi connectivity index (χ2v) is 7.29. The topological polar surface area (TPSA) is 146 Å². The van der Waals surface area contributed by atoms with Gasteiger partial charge in [-0.15, -0.1) is 0 Å². The Morgan fingerprint density at radius 2 is 1.94 bits per heavy atom. The molecule has 0 spiro atoms. The molecule has 3 rings (SSSR count). The number of non-ortho nitro benzene ring substituents is 1. The molecule has 0 radical (unpaired) electrons. The van der Waals surface area contributed by atoms with Gasteiger partial charge in [-0.1, -0.05) is 18.2 Å². The van der Waals surface area contributed by atoms with Crippen molar-refractivity contribution in [2.45, 2.75) is 18.9 Å². The number of nitrogens with one attached hydrogen (secondary N) is 2. The number of hydrogen-bond donors (Lipinski definition) is 3. The molecule has 0 unspecified atom stereocenters. The molecular weight excluding hydrogens is 416 g/mol. The van der Waals surface area contributed by atoms with Gasteiger partial charge in [0.15, 0.2) is 0 Å². The summed E-state index contributed by atoms with van der Waals surface area (Å²) < 4.78 is 0. The largest absolute Gasteiger partial charge is 0.508 e. The minimum atomic E-state index is -1.07. The van der Waals surface area contributed by atoms with Crippen LogP contribution in [-0.2, 0) is 27.2 Å². The van der Waals surface area contributed by atoms with Crippen LogP contribution in [0.4, 0.5) is 5.69 Å². The van der Waals surface area contributed by atoms with Crippen molar-refractivity contribution < 1.29 is 24.4 Å². The van der Waals surface area contributed by atoms with Gasteiger partial charge in [0, 0.05) is 39.2 Å². The Balaban J connectivity index is 1.87. The molecule has 32 heavy (non-hydrogen) atoms. The van der Waals surface area contributed by atoms with E-state index >= 15 is 0 Å². The number of nitro groups is 1. The van der Waals surface area contributed by atoms with Gasteiger partial charge < -0.3 is 20.3 Å². The maximum atomic E-state index is 12.8. The van der Waals surface area contributed by atoms with Gasteiger partial charge in [-0.05, 0) is 29.3 Å². The van der Waals surface area contributed by atoms with Gasteiger partial charge in [0.2, 0.25) is 11.7 Å². The molecule has 166 valence electrons. The van der Waals surface area contributed by atoms with Crippen molar-refractivity contribution in [1.29, 1.82) is 0 Å². The van der Waals surface area contributed by atoms with E-state index in [1.807, 2.05) is 0 Å². The van der Waals surface area contributed by atoms with E-state index in [9.17, 15) is 29.6 Å². The van der Waals surface area contributed by atoms with Gasteiger partial charge in [0.1, 0.15) is 11.8 Å². The number of carbonyl (C=O) groups is 3. The number of rotatable bonds is 8. The summed E-state index contributed by atoms with van der Waals surface area (Å²) >= 11 is 0. The lowest BCUT2D eigenvalue weighted by molar-refractivity contribution is -0.383. The third kappa shape index (κ3) is 4.59. The number of aromatic hydroxyl groups is 1. The summed E-state index contributed by atoms with van der Waals surface area (Å²) in [4.78, 5) is 52.8. The number of aromatic nitrogens is 1. The number of ketones is 1. The second-order valence-electron chi connectivity index (χ2n) is 7.29. The summed E-state index contributed by atoms with van der Waals surface area (Å²) in [5.74, 6) is -2.17. The first-order chi connectivity index (χ1) is 15.2. The summed E-state index contributed by atoms with van der Waals surface area (Å²) in [5, 5.41) is 23.8. The number of H-pyrrole nitrogens is 1. The molecule has 3 N–H and O–H groups in total. The molecule has 1 atom stereocenters. The third-order valence-corrected chi connectivity index (χ3v) is 5.23. The van der Waals surface area contributed by atoms with E-state index in [0.29, 0.717) is 22.0 Å². The Hall–Kier alpha value is -4.21. The molecule has 0 aliphatic carbocycles. The highest BCUT2D eigenvalue weighted by Gasteiger charge is 2.31. The van der Waals surface area contributed by atoms with Gasteiger partial charge >= 0.3 is 0 Å². The highest BCUT2D eigenvalue weighted by molar-refractivity contribution is 6.36. The fourth-order valence-electron chi connectivity index (χ4n) is 3.59. The predicted molar refractivity (Wildman–Crippen MR) is 116 cm³/mol. The van der Waals surface area contributed by atoms with Crippen molar-refractivity contribution in [3.05, 3.63) is 69.9 Å². The van der Waals surface area contributed by atoms with Crippen molar-refractivity contribution in [2.24, 2.45) is 0 Å². The molecule has 3 aromatic rings. The van der Waals surface area contributed by atoms with Crippen molar-refractivity contribution >= 4 is 34.2 Å². The number of benzene rings is 2. The van der Waals surface area contributed by atoms with Gasteiger partial charge in [-0.2, -0.15) is 0 Å². The van der Waals surface area contributed by atoms with E-state index in [2.05, 4.69) is 10.3 Å². The van der Waals surface area contributed by atoms with Gasteiger partial charge in [-0.3, -0.25) is 24.5 Å². The molecule has 0 bridgehead atoms. The first-order valence-corrected chi connectivity index (χ1v) is 9.75. The third-order valence-electron chi connectivity index (χ3n) is 5.23. The molecule has 1 heterocycles. The Bertz CT molecular complexity index is 1200. The minimum absolute atomic E-state index is 0.0275. The number of fused-ring (bicyclic) bond motifs is 1. The van der Waals surface area contributed by atoms with Gasteiger partial charge in [-0.25, -0.2) is 0 Å². The van der Waals surface area contributed by atoms with E-state index in [0.717, 1.165) is 4.90 Å². The molecule has 0 fully saturated rings. The SMILES string of the molecule is CNC(=O)[C@H](Cc1c[nH]c2cccc([N+](=O)[O-])c12)N(C)C(=O)C(=O)Cc1cccc(O)c1. The fraction of sp³-hybridized carbons (Fsp3) is 0.227. The van der Waals surface area contributed by atoms with Crippen LogP contribution >= 0.6 is 0 Å². The maximum Gasteiger partial charge on any atom is 0.290 e. The van der Waals surface area contributed by atoms with E-state index in [4.69, 9.17) is 0 Å². The Labute approximate surface area is 183 Å². The van der Waals surface area contributed by atoms with Crippen LogP contribution in [0.1, 0.15) is 11.1 Å². The number of amides is 2. The average molecular weight is 438 g/mol. The molecule has 0 aliphatic rings. The van der Waals surface area contributed by atoms with Crippen LogP contribution in [0.25, 0.3) is 10.9 Å². The molecule has 2 aromatic carbocycles. The highest BCUT2D eigenvalue weighted by Crippen LogP contribution is 2.29. The highest BCUT2D eigenvalue weighted by atomic mass is 16.6. The lowest BCUT2D eigenvalue weighted by Gasteiger charge is -2.26. The summed E-state index contributed by atoms with van der Waals surface area (Å²) in [7, 11) is 2.74. The molecule has 2 amide bonds. The van der Waals surface area contributed by atoms with Gasteiger partial charge in [0.05, 0.1) is 15.8 Å². The summed E-state index contributed by atoms with van der Waals surface area (Å²) in [6.07, 6.45) is 1.28. The predicted octanol–water partition coefficient (Wildman–Crippen LogP) is 1.71. The maximum absolute atomic E-state index is 12.8. The van der Waals surface area contributed by atoms with Crippen LogP contribution in [0.5, 0.6) is 5.75 Å². The van der Waals surface area contributed by atoms with Gasteiger partial charge in [0.25, 0.3) is 11.6 Å². The number of phenols is 1. The number of phenolic OH excluding ortho intramolecular Hbond substituents is 1. The quantitative estimate of drug-likeness (QED) is 0.277. The van der Waals surface area contributed by atoms with Crippen LogP contribution in [0.3, 0.4) is 0 Å². The summed E-state index contributed by atoms with van der Waals surface area (Å²) in [6, 6.07) is 9.51. The van der Waals surface area contributed by atoms with Crippen LogP contribution in [0.2, 0.25) is 0 Å². The first kappa shape index (κ1) is 22.5. The molecule has 10 nitrogen and oxygen atoms in total. The number of Topliss-reactive ketones (excluding diaryl/α,β-unsaturated/α-hetero) is 1. The van der Waals surface area contributed by atoms with Crippen LogP contribution in [-0.4, -0.2) is 57.6 Å². The number of nitro benzene ring substituents is 1. The Kier molecular flexibility index (Phi) is 6.53. The Morgan fingerprint density at radius 3 is 2.59 bits per heavy atom. The van der Waals surface area contributed by atoms with E-state index in [1.165, 1.54) is 32.3 Å². The smallest absolute Gasteiger partial charge is 0.290 e. The van der Waals surface area contributed by atoms with Crippen molar-refractivity contribution in [3.8, 4) is 5.75 Å². The Morgan fingerprint density at radius 1 is 1.22 bits per heavy atom. The molecule has 10 heteroatoms. The van der Waals surface area contributed by atoms with Crippen LogP contribution in [0.15, 0.2) is 48.7 Å². The number of hydrogen-bond acceptors (Lipinski definition) is 6. The average Bonchev–Trinajstić information content (AvgIpc) is 3.18. The molecular formula is C22H22N4O6. The van der Waals surface area contributed by atoms with E-state index in [-0.39, 0.29) is 24.3 Å². The normalized spacial score (nSPS) is 11.7. The number of aromatic amines is 1. The van der Waals surface area contributed by atoms with Crippen molar-refractivity contribution in [2.75, 3.05) is 14.1 Å². The van der Waals surface area contributed by atoms with E-state index in [1.54, 1.807) is 30.5 Å². The fourth-order valence-corrected chi connectivity index (χ4v) is 3.59. The van der Waals surface area contributed by atoms with Crippen molar-refractivity contribution in [3.63, 3.8) is 0 Å². The molecule has 0 aliphatic heterocycles. The second kappa shape index (κ2) is 9.29. The molecule has 1 aromatic heterocycles.